The van der Waals surface area contributed by atoms with Crippen LogP contribution < -0.4 is 10.1 Å². The van der Waals surface area contributed by atoms with Crippen LogP contribution in [0.15, 0.2) is 64.8 Å². The molecule has 1 N–H and O–H groups in total. The summed E-state index contributed by atoms with van der Waals surface area (Å²) in [5, 5.41) is 2.67. The number of methoxy groups -OCH3 is 1. The number of ether oxygens (including phenoxy) is 1. The Morgan fingerprint density at radius 2 is 1.93 bits per heavy atom. The molecule has 154 valence electrons. The van der Waals surface area contributed by atoms with E-state index in [-0.39, 0.29) is 11.5 Å². The molecule has 0 spiro atoms. The Bertz CT molecular complexity index is 1070. The second kappa shape index (κ2) is 8.22. The summed E-state index contributed by atoms with van der Waals surface area (Å²) in [5.41, 5.74) is 2.66. The second-order valence-electron chi connectivity index (χ2n) is 7.59. The maximum Gasteiger partial charge on any atom is 0.254 e. The van der Waals surface area contributed by atoms with Gasteiger partial charge in [-0.05, 0) is 49.6 Å². The van der Waals surface area contributed by atoms with Crippen LogP contribution in [0.1, 0.15) is 37.7 Å². The van der Waals surface area contributed by atoms with Crippen molar-refractivity contribution in [3.05, 3.63) is 71.2 Å². The summed E-state index contributed by atoms with van der Waals surface area (Å²) in [5.74, 6) is -1.23. The van der Waals surface area contributed by atoms with E-state index in [9.17, 15) is 14.0 Å². The number of nitrogens with one attached hydrogen (secondary N) is 1. The molecule has 2 aromatic rings. The average Bonchev–Trinajstić information content (AvgIpc) is 2.74. The molecule has 2 aliphatic rings. The predicted molar refractivity (Wildman–Crippen MR) is 113 cm³/mol. The fraction of sp³-hybridized carbons (Fsp3) is 0.292. The molecule has 4 rings (SSSR count). The lowest BCUT2D eigenvalue weighted by atomic mass is 9.69. The third-order valence-electron chi connectivity index (χ3n) is 5.73. The van der Waals surface area contributed by atoms with Crippen LogP contribution >= 0.6 is 0 Å². The normalized spacial score (nSPS) is 21.0. The van der Waals surface area contributed by atoms with Gasteiger partial charge in [-0.3, -0.25) is 14.6 Å². The fourth-order valence-electron chi connectivity index (χ4n) is 4.36. The Morgan fingerprint density at radius 1 is 1.13 bits per heavy atom. The first-order chi connectivity index (χ1) is 14.5. The second-order valence-corrected chi connectivity index (χ2v) is 7.59. The van der Waals surface area contributed by atoms with E-state index in [1.54, 1.807) is 26.2 Å². The minimum absolute atomic E-state index is 0.0801. The van der Waals surface area contributed by atoms with E-state index in [2.05, 4.69) is 10.3 Å². The Hall–Kier alpha value is -3.28. The van der Waals surface area contributed by atoms with Crippen LogP contribution in [-0.2, 0) is 9.59 Å². The van der Waals surface area contributed by atoms with Crippen molar-refractivity contribution in [2.75, 3.05) is 12.4 Å². The zero-order valence-electron chi connectivity index (χ0n) is 16.9. The quantitative estimate of drug-likeness (QED) is 0.803. The van der Waals surface area contributed by atoms with Crippen molar-refractivity contribution in [3.8, 4) is 5.75 Å². The van der Waals surface area contributed by atoms with Gasteiger partial charge in [0.25, 0.3) is 5.91 Å². The summed E-state index contributed by atoms with van der Waals surface area (Å²) in [4.78, 5) is 30.9. The number of amides is 1. The molecule has 0 saturated heterocycles. The van der Waals surface area contributed by atoms with E-state index in [1.165, 1.54) is 12.1 Å². The average molecular weight is 406 g/mol. The predicted octanol–water partition coefficient (Wildman–Crippen LogP) is 4.65. The molecule has 2 aromatic carbocycles. The first-order valence-electron chi connectivity index (χ1n) is 10.0. The van der Waals surface area contributed by atoms with Gasteiger partial charge in [-0.25, -0.2) is 4.39 Å². The van der Waals surface area contributed by atoms with Crippen molar-refractivity contribution in [3.63, 3.8) is 0 Å². The topological polar surface area (TPSA) is 67.8 Å². The van der Waals surface area contributed by atoms with Gasteiger partial charge in [0.15, 0.2) is 0 Å². The molecule has 0 radical (unpaired) electrons. The number of halogens is 1. The van der Waals surface area contributed by atoms with Gasteiger partial charge in [0.1, 0.15) is 17.3 Å². The Labute approximate surface area is 174 Å². The molecule has 1 aliphatic heterocycles. The number of nitrogens with zero attached hydrogens (tertiary/aromatic N) is 1. The molecule has 2 atom stereocenters. The van der Waals surface area contributed by atoms with Crippen LogP contribution in [0.4, 0.5) is 10.1 Å². The zero-order chi connectivity index (χ0) is 21.3. The van der Waals surface area contributed by atoms with Crippen molar-refractivity contribution < 1.29 is 18.7 Å². The van der Waals surface area contributed by atoms with Crippen LogP contribution in [0.2, 0.25) is 0 Å². The minimum Gasteiger partial charge on any atom is -0.497 e. The lowest BCUT2D eigenvalue weighted by Gasteiger charge is -2.36. The van der Waals surface area contributed by atoms with Gasteiger partial charge >= 0.3 is 0 Å². The number of hydrogen-bond donors (Lipinski definition) is 1. The van der Waals surface area contributed by atoms with Crippen LogP contribution in [0.25, 0.3) is 0 Å². The van der Waals surface area contributed by atoms with Crippen molar-refractivity contribution in [1.82, 2.24) is 0 Å². The highest BCUT2D eigenvalue weighted by molar-refractivity contribution is 6.14. The number of carbonyl (C=O) groups is 2. The van der Waals surface area contributed by atoms with E-state index in [4.69, 9.17) is 4.74 Å². The van der Waals surface area contributed by atoms with Gasteiger partial charge < -0.3 is 10.1 Å². The Kier molecular flexibility index (Phi) is 5.48. The number of para-hydroxylation sites is 1. The van der Waals surface area contributed by atoms with Crippen LogP contribution in [0.3, 0.4) is 0 Å². The summed E-state index contributed by atoms with van der Waals surface area (Å²) in [6.45, 7) is 1.77. The number of aliphatic imine (C=N–C) groups is 1. The lowest BCUT2D eigenvalue weighted by Crippen LogP contribution is -2.39. The van der Waals surface area contributed by atoms with E-state index in [0.29, 0.717) is 23.4 Å². The SMILES string of the molecule is COc1cccc([C@H]2C(C(=O)Nc3ccccc3F)=C(C)N=C3CCCC(=O)[C@H]32)c1. The van der Waals surface area contributed by atoms with Crippen molar-refractivity contribution in [2.45, 2.75) is 32.1 Å². The fourth-order valence-corrected chi connectivity index (χ4v) is 4.36. The van der Waals surface area contributed by atoms with E-state index >= 15 is 0 Å². The number of Topliss-reactive ketones (excluding diaryl/α,β-unsaturated/α-hetero) is 1. The molecular formula is C24H23FN2O3. The molecule has 6 heteroatoms. The van der Waals surface area contributed by atoms with Crippen molar-refractivity contribution >= 4 is 23.1 Å². The van der Waals surface area contributed by atoms with E-state index in [0.717, 1.165) is 24.1 Å². The lowest BCUT2D eigenvalue weighted by molar-refractivity contribution is -0.122. The maximum atomic E-state index is 14.1. The third-order valence-corrected chi connectivity index (χ3v) is 5.73. The van der Waals surface area contributed by atoms with Gasteiger partial charge in [-0.15, -0.1) is 0 Å². The minimum atomic E-state index is -0.518. The standard InChI is InChI=1S/C24H23FN2O3/c1-14-21(24(29)27-18-10-4-3-9-17(18)25)22(15-7-5-8-16(13-15)30-2)23-19(26-14)11-6-12-20(23)28/h3-5,7-10,13,22-23H,6,11-12H2,1-2H3,(H,27,29)/t22-,23-/m0/s1. The monoisotopic (exact) mass is 406 g/mol. The highest BCUT2D eigenvalue weighted by Crippen LogP contribution is 2.43. The van der Waals surface area contributed by atoms with Crippen molar-refractivity contribution in [2.24, 2.45) is 10.9 Å². The number of benzene rings is 2. The molecular weight excluding hydrogens is 383 g/mol. The third kappa shape index (κ3) is 3.65. The van der Waals surface area contributed by atoms with Crippen LogP contribution in [0, 0.1) is 11.7 Å². The molecule has 1 amide bonds. The van der Waals surface area contributed by atoms with E-state index in [1.807, 2.05) is 24.3 Å². The molecule has 0 unspecified atom stereocenters. The van der Waals surface area contributed by atoms with Crippen LogP contribution in [-0.4, -0.2) is 24.5 Å². The number of hydrogen-bond acceptors (Lipinski definition) is 4. The summed E-state index contributed by atoms with van der Waals surface area (Å²) in [7, 11) is 1.57. The summed E-state index contributed by atoms with van der Waals surface area (Å²) >= 11 is 0. The number of carbonyl (C=O) groups excluding carboxylic acids is 2. The molecule has 0 bridgehead atoms. The summed E-state index contributed by atoms with van der Waals surface area (Å²) < 4.78 is 19.5. The van der Waals surface area contributed by atoms with E-state index < -0.39 is 23.6 Å². The highest BCUT2D eigenvalue weighted by atomic mass is 19.1. The zero-order valence-corrected chi connectivity index (χ0v) is 16.9. The summed E-state index contributed by atoms with van der Waals surface area (Å²) in [6, 6.07) is 13.4. The molecule has 1 fully saturated rings. The number of rotatable bonds is 4. The molecule has 1 saturated carbocycles. The summed E-state index contributed by atoms with van der Waals surface area (Å²) in [6.07, 6.45) is 1.96. The molecule has 1 heterocycles. The van der Waals surface area contributed by atoms with Crippen LogP contribution in [0.5, 0.6) is 5.75 Å². The molecule has 30 heavy (non-hydrogen) atoms. The molecule has 0 aromatic heterocycles. The molecule has 5 nitrogen and oxygen atoms in total. The van der Waals surface area contributed by atoms with Crippen molar-refractivity contribution in [1.29, 1.82) is 0 Å². The number of anilines is 1. The highest BCUT2D eigenvalue weighted by Gasteiger charge is 2.43. The maximum absolute atomic E-state index is 14.1. The number of ketones is 1. The first kappa shape index (κ1) is 20.0. The largest absolute Gasteiger partial charge is 0.497 e. The number of fused-ring (bicyclic) bond motifs is 1. The van der Waals surface area contributed by atoms with Gasteiger partial charge in [-0.1, -0.05) is 24.3 Å². The Balaban J connectivity index is 1.81. The number of allylic oxidation sites excluding steroid dienone is 1. The Morgan fingerprint density at radius 3 is 2.70 bits per heavy atom. The van der Waals surface area contributed by atoms with Gasteiger partial charge in [-0.2, -0.15) is 0 Å². The van der Waals surface area contributed by atoms with Gasteiger partial charge in [0.2, 0.25) is 0 Å². The smallest absolute Gasteiger partial charge is 0.254 e. The first-order valence-corrected chi connectivity index (χ1v) is 10.0. The van der Waals surface area contributed by atoms with Gasteiger partial charge in [0, 0.05) is 29.3 Å². The van der Waals surface area contributed by atoms with Gasteiger partial charge in [0.05, 0.1) is 18.7 Å². The molecule has 1 aliphatic carbocycles.